The number of hydrogen-bond acceptors (Lipinski definition) is 8. The number of carbonyl (C=O) groups is 1. The van der Waals surface area contributed by atoms with Gasteiger partial charge in [-0.05, 0) is 18.6 Å². The lowest BCUT2D eigenvalue weighted by Gasteiger charge is -2.10. The molecule has 2 aromatic carbocycles. The molecule has 1 aromatic heterocycles. The molecule has 8 nitrogen and oxygen atoms in total. The maximum atomic E-state index is 12.4. The average molecular weight is 416 g/mol. The van der Waals surface area contributed by atoms with E-state index in [0.717, 1.165) is 5.56 Å². The Hall–Kier alpha value is -2.98. The van der Waals surface area contributed by atoms with Gasteiger partial charge >= 0.3 is 0 Å². The van der Waals surface area contributed by atoms with Crippen LogP contribution in [0, 0.1) is 10.1 Å². The van der Waals surface area contributed by atoms with E-state index < -0.39 is 10.2 Å². The second-order valence-corrected chi connectivity index (χ2v) is 8.33. The fourth-order valence-corrected chi connectivity index (χ4v) is 4.14. The SMILES string of the molecule is CC(Sc1nnc(NCc2ccccc2)s1)C(=O)Nc1cccc([N+](=O)[O-])c1. The highest BCUT2D eigenvalue weighted by Gasteiger charge is 2.18. The molecule has 3 rings (SSSR count). The molecule has 28 heavy (non-hydrogen) atoms. The van der Waals surface area contributed by atoms with Crippen molar-refractivity contribution in [2.24, 2.45) is 0 Å². The molecule has 10 heteroatoms. The Balaban J connectivity index is 1.53. The van der Waals surface area contributed by atoms with E-state index in [0.29, 0.717) is 21.7 Å². The van der Waals surface area contributed by atoms with E-state index in [1.165, 1.54) is 41.3 Å². The minimum absolute atomic E-state index is 0.0728. The number of aromatic nitrogens is 2. The van der Waals surface area contributed by atoms with Gasteiger partial charge in [0.2, 0.25) is 11.0 Å². The number of anilines is 2. The Morgan fingerprint density at radius 1 is 1.21 bits per heavy atom. The highest BCUT2D eigenvalue weighted by atomic mass is 32.2. The molecule has 0 saturated heterocycles. The predicted octanol–water partition coefficient (Wildman–Crippen LogP) is 4.18. The molecule has 0 bridgehead atoms. The molecule has 0 aliphatic heterocycles. The summed E-state index contributed by atoms with van der Waals surface area (Å²) in [5.41, 5.74) is 1.45. The second kappa shape index (κ2) is 9.29. The monoisotopic (exact) mass is 415 g/mol. The lowest BCUT2D eigenvalue weighted by Crippen LogP contribution is -2.22. The summed E-state index contributed by atoms with van der Waals surface area (Å²) in [5, 5.41) is 25.1. The summed E-state index contributed by atoms with van der Waals surface area (Å²) in [6, 6.07) is 15.8. The van der Waals surface area contributed by atoms with Crippen molar-refractivity contribution in [3.63, 3.8) is 0 Å². The van der Waals surface area contributed by atoms with E-state index in [2.05, 4.69) is 20.8 Å². The summed E-state index contributed by atoms with van der Waals surface area (Å²) in [4.78, 5) is 22.7. The quantitative estimate of drug-likeness (QED) is 0.323. The van der Waals surface area contributed by atoms with Crippen molar-refractivity contribution < 1.29 is 9.72 Å². The number of nitro groups is 1. The molecule has 144 valence electrons. The molecule has 1 unspecified atom stereocenters. The van der Waals surface area contributed by atoms with Crippen LogP contribution in [-0.2, 0) is 11.3 Å². The molecule has 0 saturated carbocycles. The van der Waals surface area contributed by atoms with Gasteiger partial charge in [-0.25, -0.2) is 0 Å². The zero-order valence-corrected chi connectivity index (χ0v) is 16.5. The fraction of sp³-hybridized carbons (Fsp3) is 0.167. The Bertz CT molecular complexity index is 965. The van der Waals surface area contributed by atoms with Gasteiger partial charge in [-0.15, -0.1) is 10.2 Å². The van der Waals surface area contributed by atoms with Crippen molar-refractivity contribution >= 4 is 45.5 Å². The third kappa shape index (κ3) is 5.51. The normalized spacial score (nSPS) is 11.6. The zero-order chi connectivity index (χ0) is 19.9. The molecule has 1 amide bonds. The molecule has 3 aromatic rings. The first kappa shape index (κ1) is 19.8. The molecular formula is C18H17N5O3S2. The maximum absolute atomic E-state index is 12.4. The topological polar surface area (TPSA) is 110 Å². The summed E-state index contributed by atoms with van der Waals surface area (Å²) in [6.45, 7) is 2.39. The van der Waals surface area contributed by atoms with Gasteiger partial charge in [-0.3, -0.25) is 14.9 Å². The molecular weight excluding hydrogens is 398 g/mol. The number of rotatable bonds is 8. The van der Waals surface area contributed by atoms with E-state index in [-0.39, 0.29) is 11.6 Å². The Morgan fingerprint density at radius 3 is 2.75 bits per heavy atom. The molecule has 0 radical (unpaired) electrons. The lowest BCUT2D eigenvalue weighted by atomic mass is 10.2. The van der Waals surface area contributed by atoms with Gasteiger partial charge in [0.25, 0.3) is 5.69 Å². The van der Waals surface area contributed by atoms with Gasteiger partial charge in [0.1, 0.15) is 0 Å². The van der Waals surface area contributed by atoms with Crippen molar-refractivity contribution in [1.29, 1.82) is 0 Å². The van der Waals surface area contributed by atoms with Crippen molar-refractivity contribution in [2.75, 3.05) is 10.6 Å². The molecule has 0 aliphatic carbocycles. The van der Waals surface area contributed by atoms with Crippen LogP contribution in [0.25, 0.3) is 0 Å². The number of hydrogen-bond donors (Lipinski definition) is 2. The summed E-state index contributed by atoms with van der Waals surface area (Å²) in [6.07, 6.45) is 0. The number of non-ortho nitro benzene ring substituents is 1. The number of nitrogens with one attached hydrogen (secondary N) is 2. The number of nitro benzene ring substituents is 1. The van der Waals surface area contributed by atoms with Crippen LogP contribution in [0.15, 0.2) is 58.9 Å². The van der Waals surface area contributed by atoms with Crippen LogP contribution in [-0.4, -0.2) is 26.3 Å². The summed E-state index contributed by atoms with van der Waals surface area (Å²) >= 11 is 2.65. The van der Waals surface area contributed by atoms with Crippen LogP contribution in [0.3, 0.4) is 0 Å². The lowest BCUT2D eigenvalue weighted by molar-refractivity contribution is -0.384. The zero-order valence-electron chi connectivity index (χ0n) is 14.9. The van der Waals surface area contributed by atoms with Crippen LogP contribution in [0.1, 0.15) is 12.5 Å². The first-order valence-electron chi connectivity index (χ1n) is 8.34. The number of amides is 1. The molecule has 0 spiro atoms. The Labute approximate surface area is 169 Å². The van der Waals surface area contributed by atoms with E-state index in [1.54, 1.807) is 13.0 Å². The highest BCUT2D eigenvalue weighted by molar-refractivity contribution is 8.02. The predicted molar refractivity (Wildman–Crippen MR) is 111 cm³/mol. The first-order valence-corrected chi connectivity index (χ1v) is 10.0. The molecule has 1 heterocycles. The standard InChI is InChI=1S/C18H17N5O3S2/c1-12(16(24)20-14-8-5-9-15(10-14)23(25)26)27-18-22-21-17(28-18)19-11-13-6-3-2-4-7-13/h2-10,12H,11H2,1H3,(H,19,21)(H,20,24). The minimum atomic E-state index is -0.501. The third-order valence-electron chi connectivity index (χ3n) is 3.66. The number of thioether (sulfide) groups is 1. The van der Waals surface area contributed by atoms with Crippen LogP contribution < -0.4 is 10.6 Å². The van der Waals surface area contributed by atoms with E-state index >= 15 is 0 Å². The van der Waals surface area contributed by atoms with Crippen LogP contribution in [0.5, 0.6) is 0 Å². The minimum Gasteiger partial charge on any atom is -0.356 e. The summed E-state index contributed by atoms with van der Waals surface area (Å²) in [7, 11) is 0. The fourth-order valence-electron chi connectivity index (χ4n) is 2.25. The maximum Gasteiger partial charge on any atom is 0.271 e. The Kier molecular flexibility index (Phi) is 6.56. The number of benzene rings is 2. The van der Waals surface area contributed by atoms with Crippen molar-refractivity contribution in [3.8, 4) is 0 Å². The van der Waals surface area contributed by atoms with Crippen LogP contribution in [0.4, 0.5) is 16.5 Å². The first-order chi connectivity index (χ1) is 13.5. The van der Waals surface area contributed by atoms with E-state index in [4.69, 9.17) is 0 Å². The van der Waals surface area contributed by atoms with E-state index in [1.807, 2.05) is 30.3 Å². The van der Waals surface area contributed by atoms with Gasteiger partial charge < -0.3 is 10.6 Å². The Morgan fingerprint density at radius 2 is 2.00 bits per heavy atom. The summed E-state index contributed by atoms with van der Waals surface area (Å²) < 4.78 is 0.664. The molecule has 1 atom stereocenters. The van der Waals surface area contributed by atoms with Gasteiger partial charge in [0.15, 0.2) is 4.34 Å². The smallest absolute Gasteiger partial charge is 0.271 e. The largest absolute Gasteiger partial charge is 0.356 e. The highest BCUT2D eigenvalue weighted by Crippen LogP contribution is 2.30. The molecule has 0 aliphatic rings. The van der Waals surface area contributed by atoms with Crippen molar-refractivity contribution in [3.05, 3.63) is 70.3 Å². The third-order valence-corrected chi connectivity index (χ3v) is 5.73. The van der Waals surface area contributed by atoms with Gasteiger partial charge in [-0.1, -0.05) is 59.5 Å². The van der Waals surface area contributed by atoms with Crippen LogP contribution >= 0.6 is 23.1 Å². The second-order valence-electron chi connectivity index (χ2n) is 5.77. The molecule has 2 N–H and O–H groups in total. The number of nitrogens with zero attached hydrogens (tertiary/aromatic N) is 3. The van der Waals surface area contributed by atoms with Gasteiger partial charge in [-0.2, -0.15) is 0 Å². The summed E-state index contributed by atoms with van der Waals surface area (Å²) in [5.74, 6) is -0.264. The average Bonchev–Trinajstić information content (AvgIpc) is 3.14. The van der Waals surface area contributed by atoms with Crippen molar-refractivity contribution in [1.82, 2.24) is 10.2 Å². The van der Waals surface area contributed by atoms with Gasteiger partial charge in [0, 0.05) is 24.4 Å². The van der Waals surface area contributed by atoms with E-state index in [9.17, 15) is 14.9 Å². The van der Waals surface area contributed by atoms with Crippen LogP contribution in [0.2, 0.25) is 0 Å². The van der Waals surface area contributed by atoms with Gasteiger partial charge in [0.05, 0.1) is 10.2 Å². The van der Waals surface area contributed by atoms with Crippen molar-refractivity contribution in [2.45, 2.75) is 23.1 Å². The molecule has 0 fully saturated rings. The number of carbonyl (C=O) groups excluding carboxylic acids is 1.